The topological polar surface area (TPSA) is 76.7 Å². The molecule has 0 saturated carbocycles. The molecule has 3 aromatic rings. The standard InChI is InChI=1S/C34H36N2O4/c1-21-11-9-10-14-25(21)36-33(38)30-22(2)35-26-18-34(3,4)19-27(37)32(26)31(30)24-15-16-28(29(17-24)39-5)40-20-23-12-7-6-8-13-23/h6-17,31,35H,18-20H2,1-5H3,(H,36,38)/t31-/m0/s1. The number of ether oxygens (including phenoxy) is 2. The number of amides is 1. The Morgan fingerprint density at radius 1 is 0.975 bits per heavy atom. The summed E-state index contributed by atoms with van der Waals surface area (Å²) in [5.41, 5.74) is 6.20. The molecule has 6 nitrogen and oxygen atoms in total. The Kier molecular flexibility index (Phi) is 7.53. The molecule has 0 saturated heterocycles. The number of para-hydroxylation sites is 1. The zero-order chi connectivity index (χ0) is 28.4. The summed E-state index contributed by atoms with van der Waals surface area (Å²) in [6.45, 7) is 8.47. The highest BCUT2D eigenvalue weighted by atomic mass is 16.5. The van der Waals surface area contributed by atoms with Gasteiger partial charge in [0.1, 0.15) is 6.61 Å². The lowest BCUT2D eigenvalue weighted by Crippen LogP contribution is -2.39. The van der Waals surface area contributed by atoms with Crippen molar-refractivity contribution in [2.45, 2.75) is 53.1 Å². The van der Waals surface area contributed by atoms with Crippen LogP contribution in [0.15, 0.2) is 95.3 Å². The molecular formula is C34H36N2O4. The minimum Gasteiger partial charge on any atom is -0.493 e. The third-order valence-electron chi connectivity index (χ3n) is 7.64. The van der Waals surface area contributed by atoms with E-state index in [4.69, 9.17) is 9.47 Å². The van der Waals surface area contributed by atoms with Gasteiger partial charge in [-0.2, -0.15) is 0 Å². The highest BCUT2D eigenvalue weighted by molar-refractivity contribution is 6.10. The second-order valence-electron chi connectivity index (χ2n) is 11.4. The van der Waals surface area contributed by atoms with Crippen LogP contribution in [0.5, 0.6) is 11.5 Å². The van der Waals surface area contributed by atoms with Crippen LogP contribution in [-0.4, -0.2) is 18.8 Å². The Hall–Kier alpha value is -4.32. The number of ketones is 1. The number of carbonyl (C=O) groups is 2. The van der Waals surface area contributed by atoms with E-state index in [-0.39, 0.29) is 17.1 Å². The quantitative estimate of drug-likeness (QED) is 0.346. The Balaban J connectivity index is 1.55. The third kappa shape index (κ3) is 5.53. The van der Waals surface area contributed by atoms with Gasteiger partial charge in [0.2, 0.25) is 0 Å². The van der Waals surface area contributed by atoms with Crippen molar-refractivity contribution in [3.05, 3.63) is 112 Å². The molecule has 1 atom stereocenters. The largest absolute Gasteiger partial charge is 0.493 e. The van der Waals surface area contributed by atoms with E-state index < -0.39 is 5.92 Å². The number of rotatable bonds is 7. The van der Waals surface area contributed by atoms with Crippen LogP contribution in [0.4, 0.5) is 5.69 Å². The number of anilines is 1. The molecule has 0 aromatic heterocycles. The second kappa shape index (κ2) is 11.0. The van der Waals surface area contributed by atoms with Gasteiger partial charge >= 0.3 is 0 Å². The number of Topliss-reactive ketones (excluding diaryl/α,β-unsaturated/α-hetero) is 1. The lowest BCUT2D eigenvalue weighted by Gasteiger charge is -2.39. The first-order valence-electron chi connectivity index (χ1n) is 13.6. The van der Waals surface area contributed by atoms with Crippen molar-refractivity contribution in [1.82, 2.24) is 5.32 Å². The fraction of sp³-hybridized carbons (Fsp3) is 0.294. The number of carbonyl (C=O) groups excluding carboxylic acids is 2. The number of methoxy groups -OCH3 is 1. The number of hydrogen-bond acceptors (Lipinski definition) is 5. The highest BCUT2D eigenvalue weighted by Gasteiger charge is 2.43. The Morgan fingerprint density at radius 2 is 1.70 bits per heavy atom. The Morgan fingerprint density at radius 3 is 2.42 bits per heavy atom. The van der Waals surface area contributed by atoms with Gasteiger partial charge in [-0.15, -0.1) is 0 Å². The summed E-state index contributed by atoms with van der Waals surface area (Å²) in [4.78, 5) is 27.6. The number of aryl methyl sites for hydroxylation is 1. The molecule has 3 aromatic carbocycles. The molecule has 2 aliphatic rings. The fourth-order valence-electron chi connectivity index (χ4n) is 5.69. The molecule has 1 aliphatic carbocycles. The molecule has 0 unspecified atom stereocenters. The van der Waals surface area contributed by atoms with Crippen LogP contribution in [0.2, 0.25) is 0 Å². The minimum absolute atomic E-state index is 0.0563. The first-order chi connectivity index (χ1) is 19.2. The maximum Gasteiger partial charge on any atom is 0.254 e. The molecule has 2 N–H and O–H groups in total. The van der Waals surface area contributed by atoms with Gasteiger partial charge in [0.25, 0.3) is 5.91 Å². The first kappa shape index (κ1) is 27.3. The summed E-state index contributed by atoms with van der Waals surface area (Å²) < 4.78 is 11.8. The van der Waals surface area contributed by atoms with E-state index in [2.05, 4.69) is 24.5 Å². The van der Waals surface area contributed by atoms with Gasteiger partial charge in [-0.25, -0.2) is 0 Å². The fourth-order valence-corrected chi connectivity index (χ4v) is 5.69. The SMILES string of the molecule is COc1cc([C@H]2C(C(=O)Nc3ccccc3C)=C(C)NC3=C2C(=O)CC(C)(C)C3)ccc1OCc1ccccc1. The van der Waals surface area contributed by atoms with Gasteiger partial charge in [-0.05, 0) is 60.6 Å². The number of hydrogen-bond donors (Lipinski definition) is 2. The van der Waals surface area contributed by atoms with Gasteiger partial charge in [0, 0.05) is 40.6 Å². The first-order valence-corrected chi connectivity index (χ1v) is 13.6. The molecule has 0 radical (unpaired) electrons. The van der Waals surface area contributed by atoms with Gasteiger partial charge in [0.15, 0.2) is 17.3 Å². The monoisotopic (exact) mass is 536 g/mol. The van der Waals surface area contributed by atoms with Crippen molar-refractivity contribution in [1.29, 1.82) is 0 Å². The molecule has 40 heavy (non-hydrogen) atoms. The van der Waals surface area contributed by atoms with Gasteiger partial charge in [-0.3, -0.25) is 9.59 Å². The normalized spacial score (nSPS) is 18.1. The average molecular weight is 537 g/mol. The molecule has 5 rings (SSSR count). The maximum absolute atomic E-state index is 13.9. The molecule has 1 aliphatic heterocycles. The second-order valence-corrected chi connectivity index (χ2v) is 11.4. The Bertz CT molecular complexity index is 1520. The van der Waals surface area contributed by atoms with Gasteiger partial charge in [0.05, 0.1) is 7.11 Å². The summed E-state index contributed by atoms with van der Waals surface area (Å²) in [6, 6.07) is 23.3. The van der Waals surface area contributed by atoms with Gasteiger partial charge in [-0.1, -0.05) is 68.4 Å². The van der Waals surface area contributed by atoms with Gasteiger partial charge < -0.3 is 20.1 Å². The highest BCUT2D eigenvalue weighted by Crippen LogP contribution is 2.48. The van der Waals surface area contributed by atoms with E-state index in [0.717, 1.165) is 40.2 Å². The van der Waals surface area contributed by atoms with Crippen LogP contribution >= 0.6 is 0 Å². The summed E-state index contributed by atoms with van der Waals surface area (Å²) in [7, 11) is 1.60. The predicted molar refractivity (Wildman–Crippen MR) is 157 cm³/mol. The van der Waals surface area contributed by atoms with Crippen molar-refractivity contribution in [2.75, 3.05) is 12.4 Å². The lowest BCUT2D eigenvalue weighted by atomic mass is 9.68. The average Bonchev–Trinajstić information content (AvgIpc) is 2.92. The van der Waals surface area contributed by atoms with Crippen LogP contribution in [-0.2, 0) is 16.2 Å². The third-order valence-corrected chi connectivity index (χ3v) is 7.64. The van der Waals surface area contributed by atoms with Crippen molar-refractivity contribution in [3.8, 4) is 11.5 Å². The van der Waals surface area contributed by atoms with Crippen molar-refractivity contribution < 1.29 is 19.1 Å². The van der Waals surface area contributed by atoms with E-state index in [0.29, 0.717) is 35.7 Å². The molecule has 206 valence electrons. The van der Waals surface area contributed by atoms with Crippen LogP contribution in [0.3, 0.4) is 0 Å². The smallest absolute Gasteiger partial charge is 0.254 e. The van der Waals surface area contributed by atoms with Crippen LogP contribution < -0.4 is 20.1 Å². The number of benzene rings is 3. The zero-order valence-corrected chi connectivity index (χ0v) is 23.8. The van der Waals surface area contributed by atoms with E-state index in [9.17, 15) is 9.59 Å². The molecule has 6 heteroatoms. The van der Waals surface area contributed by atoms with Crippen molar-refractivity contribution >= 4 is 17.4 Å². The number of allylic oxidation sites excluding steroid dienone is 3. The Labute approximate surface area is 236 Å². The summed E-state index contributed by atoms with van der Waals surface area (Å²) in [5, 5.41) is 6.52. The van der Waals surface area contributed by atoms with Crippen LogP contribution in [0.1, 0.15) is 56.2 Å². The molecule has 0 spiro atoms. The maximum atomic E-state index is 13.9. The summed E-state index contributed by atoms with van der Waals surface area (Å²) >= 11 is 0. The summed E-state index contributed by atoms with van der Waals surface area (Å²) in [6.07, 6.45) is 1.15. The van der Waals surface area contributed by atoms with Crippen molar-refractivity contribution in [3.63, 3.8) is 0 Å². The molecule has 1 heterocycles. The lowest BCUT2D eigenvalue weighted by molar-refractivity contribution is -0.118. The van der Waals surface area contributed by atoms with Crippen LogP contribution in [0.25, 0.3) is 0 Å². The number of nitrogens with one attached hydrogen (secondary N) is 2. The molecule has 1 amide bonds. The predicted octanol–water partition coefficient (Wildman–Crippen LogP) is 6.83. The zero-order valence-electron chi connectivity index (χ0n) is 23.8. The number of dihydropyridines is 1. The van der Waals surface area contributed by atoms with E-state index in [1.165, 1.54) is 0 Å². The summed E-state index contributed by atoms with van der Waals surface area (Å²) in [5.74, 6) is 0.425. The minimum atomic E-state index is -0.541. The molecule has 0 bridgehead atoms. The molecular weight excluding hydrogens is 500 g/mol. The van der Waals surface area contributed by atoms with E-state index >= 15 is 0 Å². The molecule has 0 fully saturated rings. The van der Waals surface area contributed by atoms with Crippen LogP contribution in [0, 0.1) is 12.3 Å². The van der Waals surface area contributed by atoms with E-state index in [1.54, 1.807) is 7.11 Å². The van der Waals surface area contributed by atoms with E-state index in [1.807, 2.05) is 86.6 Å². The van der Waals surface area contributed by atoms with Crippen molar-refractivity contribution in [2.24, 2.45) is 5.41 Å².